The van der Waals surface area contributed by atoms with Gasteiger partial charge >= 0.3 is 0 Å². The zero-order valence-corrected chi connectivity index (χ0v) is 22.0. The van der Waals surface area contributed by atoms with Crippen LogP contribution in [0.5, 0.6) is 28.7 Å². The average Bonchev–Trinajstić information content (AvgIpc) is 2.98. The lowest BCUT2D eigenvalue weighted by Crippen LogP contribution is -2.06. The lowest BCUT2D eigenvalue weighted by atomic mass is 9.94. The summed E-state index contributed by atoms with van der Waals surface area (Å²) in [5, 5.41) is 11.5. The molecule has 6 heteroatoms. The van der Waals surface area contributed by atoms with Crippen LogP contribution in [0.25, 0.3) is 12.2 Å². The first-order valence-corrected chi connectivity index (χ1v) is 12.2. The van der Waals surface area contributed by atoms with Crippen molar-refractivity contribution >= 4 is 12.2 Å². The number of rotatable bonds is 11. The van der Waals surface area contributed by atoms with E-state index in [4.69, 9.17) is 23.7 Å². The molecule has 0 aromatic heterocycles. The summed E-state index contributed by atoms with van der Waals surface area (Å²) in [6.07, 6.45) is 2.89. The first-order chi connectivity index (χ1) is 18.5. The zero-order chi connectivity index (χ0) is 26.9. The molecule has 0 aliphatic heterocycles. The van der Waals surface area contributed by atoms with Crippen molar-refractivity contribution in [3.63, 3.8) is 0 Å². The number of aliphatic hydroxyl groups excluding tert-OH is 1. The minimum absolute atomic E-state index is 0.503. The summed E-state index contributed by atoms with van der Waals surface area (Å²) in [7, 11) is 6.31. The minimum Gasteiger partial charge on any atom is -0.497 e. The molecule has 1 N–H and O–H groups in total. The predicted molar refractivity (Wildman–Crippen MR) is 149 cm³/mol. The fourth-order valence-electron chi connectivity index (χ4n) is 4.10. The Balaban J connectivity index is 1.63. The quantitative estimate of drug-likeness (QED) is 0.230. The molecular weight excluding hydrogens is 480 g/mol. The van der Waals surface area contributed by atoms with Gasteiger partial charge in [-0.05, 0) is 52.6 Å². The zero-order valence-electron chi connectivity index (χ0n) is 22.0. The summed E-state index contributed by atoms with van der Waals surface area (Å²) >= 11 is 0. The number of methoxy groups -OCH3 is 4. The molecular formula is C32H32O6. The molecule has 0 radical (unpaired) electrons. The maximum atomic E-state index is 11.5. The van der Waals surface area contributed by atoms with Crippen LogP contribution in [-0.2, 0) is 6.61 Å². The molecule has 1 unspecified atom stereocenters. The number of aliphatic hydroxyl groups is 1. The van der Waals surface area contributed by atoms with Gasteiger partial charge in [0.2, 0.25) is 0 Å². The van der Waals surface area contributed by atoms with E-state index in [9.17, 15) is 5.11 Å². The van der Waals surface area contributed by atoms with Crippen LogP contribution in [0, 0.1) is 0 Å². The van der Waals surface area contributed by atoms with Crippen LogP contribution in [-0.4, -0.2) is 33.5 Å². The van der Waals surface area contributed by atoms with Crippen molar-refractivity contribution in [3.8, 4) is 28.7 Å². The Bertz CT molecular complexity index is 1340. The second-order valence-corrected chi connectivity index (χ2v) is 8.56. The predicted octanol–water partition coefficient (Wildman–Crippen LogP) is 6.55. The van der Waals surface area contributed by atoms with Crippen LogP contribution in [0.2, 0.25) is 0 Å². The summed E-state index contributed by atoms with van der Waals surface area (Å²) in [5.74, 6) is 3.07. The summed E-state index contributed by atoms with van der Waals surface area (Å²) in [4.78, 5) is 0. The highest BCUT2D eigenvalue weighted by molar-refractivity contribution is 5.74. The van der Waals surface area contributed by atoms with E-state index in [0.29, 0.717) is 40.7 Å². The van der Waals surface area contributed by atoms with Gasteiger partial charge in [-0.2, -0.15) is 0 Å². The first kappa shape index (κ1) is 26.6. The Morgan fingerprint density at radius 2 is 1.29 bits per heavy atom. The highest BCUT2D eigenvalue weighted by Gasteiger charge is 2.22. The van der Waals surface area contributed by atoms with Crippen molar-refractivity contribution in [1.82, 2.24) is 0 Å². The largest absolute Gasteiger partial charge is 0.497 e. The lowest BCUT2D eigenvalue weighted by molar-refractivity contribution is 0.213. The van der Waals surface area contributed by atoms with E-state index in [0.717, 1.165) is 22.4 Å². The summed E-state index contributed by atoms with van der Waals surface area (Å²) in [5.41, 5.74) is 4.05. The Morgan fingerprint density at radius 1 is 0.658 bits per heavy atom. The van der Waals surface area contributed by atoms with Crippen LogP contribution in [0.3, 0.4) is 0 Å². The van der Waals surface area contributed by atoms with Crippen LogP contribution in [0.4, 0.5) is 0 Å². The van der Waals surface area contributed by atoms with Gasteiger partial charge < -0.3 is 28.8 Å². The Hall–Kier alpha value is -4.42. The van der Waals surface area contributed by atoms with E-state index < -0.39 is 6.10 Å². The third kappa shape index (κ3) is 6.47. The molecule has 0 bridgehead atoms. The van der Waals surface area contributed by atoms with Crippen molar-refractivity contribution in [2.45, 2.75) is 12.7 Å². The highest BCUT2D eigenvalue weighted by atomic mass is 16.5. The second kappa shape index (κ2) is 12.7. The van der Waals surface area contributed by atoms with Gasteiger partial charge in [0.1, 0.15) is 41.5 Å². The third-order valence-electron chi connectivity index (χ3n) is 6.15. The molecule has 4 aromatic carbocycles. The van der Waals surface area contributed by atoms with Gasteiger partial charge in [-0.3, -0.25) is 0 Å². The van der Waals surface area contributed by atoms with Crippen molar-refractivity contribution in [2.75, 3.05) is 28.4 Å². The van der Waals surface area contributed by atoms with E-state index in [1.165, 1.54) is 0 Å². The lowest BCUT2D eigenvalue weighted by Gasteiger charge is -2.20. The first-order valence-electron chi connectivity index (χ1n) is 12.2. The molecule has 0 saturated carbocycles. The fraction of sp³-hybridized carbons (Fsp3) is 0.188. The molecule has 0 fully saturated rings. The van der Waals surface area contributed by atoms with Crippen LogP contribution >= 0.6 is 0 Å². The number of benzene rings is 4. The molecule has 4 aromatic rings. The number of hydrogen-bond donors (Lipinski definition) is 1. The fourth-order valence-corrected chi connectivity index (χ4v) is 4.10. The second-order valence-electron chi connectivity index (χ2n) is 8.56. The van der Waals surface area contributed by atoms with E-state index in [1.54, 1.807) is 52.7 Å². The Morgan fingerprint density at radius 3 is 1.89 bits per heavy atom. The molecule has 0 heterocycles. The van der Waals surface area contributed by atoms with Crippen molar-refractivity contribution < 1.29 is 28.8 Å². The highest BCUT2D eigenvalue weighted by Crippen LogP contribution is 2.39. The number of hydrogen-bond acceptors (Lipinski definition) is 6. The molecule has 6 nitrogen and oxygen atoms in total. The summed E-state index contributed by atoms with van der Waals surface area (Å²) < 4.78 is 27.8. The smallest absolute Gasteiger partial charge is 0.129 e. The van der Waals surface area contributed by atoms with Gasteiger partial charge in [-0.1, -0.05) is 54.6 Å². The molecule has 0 spiro atoms. The molecule has 38 heavy (non-hydrogen) atoms. The normalized spacial score (nSPS) is 11.7. The van der Waals surface area contributed by atoms with Gasteiger partial charge in [0.15, 0.2) is 0 Å². The van der Waals surface area contributed by atoms with Gasteiger partial charge in [-0.25, -0.2) is 0 Å². The third-order valence-corrected chi connectivity index (χ3v) is 6.15. The standard InChI is InChI=1S/C32H32O6/c1-34-27-17-25(18-28(19-27)35-2)32(33)31-24(16-29(36-3)20-30(31)37-4)13-10-22-11-14-26(15-12-22)38-21-23-8-6-5-7-9-23/h5-20,32-33H,21H2,1-4H3/b13-10+. The SMILES string of the molecule is COc1cc(OC)cc(C(O)c2c(/C=C/c3ccc(OCc4ccccc4)cc3)cc(OC)cc2OC)c1. The molecule has 196 valence electrons. The average molecular weight is 513 g/mol. The maximum absolute atomic E-state index is 11.5. The Labute approximate surface area is 223 Å². The van der Waals surface area contributed by atoms with Crippen LogP contribution < -0.4 is 23.7 Å². The van der Waals surface area contributed by atoms with Gasteiger partial charge in [0, 0.05) is 17.7 Å². The van der Waals surface area contributed by atoms with Crippen LogP contribution in [0.1, 0.15) is 33.9 Å². The van der Waals surface area contributed by atoms with E-state index in [-0.39, 0.29) is 0 Å². The molecule has 0 aliphatic carbocycles. The number of ether oxygens (including phenoxy) is 5. The summed E-state index contributed by atoms with van der Waals surface area (Å²) in [6, 6.07) is 26.8. The van der Waals surface area contributed by atoms with E-state index >= 15 is 0 Å². The van der Waals surface area contributed by atoms with Crippen LogP contribution in [0.15, 0.2) is 84.9 Å². The van der Waals surface area contributed by atoms with Crippen molar-refractivity contribution in [1.29, 1.82) is 0 Å². The monoisotopic (exact) mass is 512 g/mol. The molecule has 4 rings (SSSR count). The van der Waals surface area contributed by atoms with Gasteiger partial charge in [-0.15, -0.1) is 0 Å². The van der Waals surface area contributed by atoms with Crippen molar-refractivity contribution in [3.05, 3.63) is 113 Å². The summed E-state index contributed by atoms with van der Waals surface area (Å²) in [6.45, 7) is 0.510. The van der Waals surface area contributed by atoms with Gasteiger partial charge in [0.25, 0.3) is 0 Å². The molecule has 1 atom stereocenters. The topological polar surface area (TPSA) is 66.4 Å². The maximum Gasteiger partial charge on any atom is 0.129 e. The van der Waals surface area contributed by atoms with E-state index in [2.05, 4.69) is 0 Å². The van der Waals surface area contributed by atoms with Crippen molar-refractivity contribution in [2.24, 2.45) is 0 Å². The molecule has 0 aliphatic rings. The minimum atomic E-state index is -1.01. The Kier molecular flexibility index (Phi) is 8.90. The van der Waals surface area contributed by atoms with Gasteiger partial charge in [0.05, 0.1) is 28.4 Å². The molecule has 0 saturated heterocycles. The molecule has 0 amide bonds. The van der Waals surface area contributed by atoms with E-state index in [1.807, 2.05) is 72.8 Å².